The van der Waals surface area contributed by atoms with Gasteiger partial charge in [-0.25, -0.2) is 4.98 Å². The van der Waals surface area contributed by atoms with Crippen molar-refractivity contribution in [3.05, 3.63) is 30.3 Å². The predicted octanol–water partition coefficient (Wildman–Crippen LogP) is 1.97. The van der Waals surface area contributed by atoms with Crippen LogP contribution in [0.25, 0.3) is 10.9 Å². The van der Waals surface area contributed by atoms with E-state index >= 15 is 0 Å². The Morgan fingerprint density at radius 1 is 1.29 bits per heavy atom. The Kier molecular flexibility index (Phi) is 3.77. The van der Waals surface area contributed by atoms with E-state index < -0.39 is 0 Å². The fourth-order valence-electron chi connectivity index (χ4n) is 1.59. The van der Waals surface area contributed by atoms with Crippen LogP contribution in [0.1, 0.15) is 6.42 Å². The van der Waals surface area contributed by atoms with Gasteiger partial charge in [0.1, 0.15) is 0 Å². The second-order valence-corrected chi connectivity index (χ2v) is 3.68. The zero-order valence-electron chi connectivity index (χ0n) is 9.85. The Bertz CT molecular complexity index is 500. The molecule has 4 nitrogen and oxygen atoms in total. The van der Waals surface area contributed by atoms with Gasteiger partial charge in [0.15, 0.2) is 5.75 Å². The summed E-state index contributed by atoms with van der Waals surface area (Å²) >= 11 is 0. The van der Waals surface area contributed by atoms with Gasteiger partial charge in [0.05, 0.1) is 19.2 Å². The first-order valence-corrected chi connectivity index (χ1v) is 5.62. The molecule has 0 saturated heterocycles. The lowest BCUT2D eigenvalue weighted by Gasteiger charge is -2.10. The van der Waals surface area contributed by atoms with Gasteiger partial charge in [-0.1, -0.05) is 18.2 Å². The minimum absolute atomic E-state index is 0.515. The SMILES string of the molecule is COc1nc2ccccc2cc1OCCCN. The predicted molar refractivity (Wildman–Crippen MR) is 67.5 cm³/mol. The van der Waals surface area contributed by atoms with Crippen molar-refractivity contribution >= 4 is 10.9 Å². The van der Waals surface area contributed by atoms with Crippen molar-refractivity contribution in [2.75, 3.05) is 20.3 Å². The van der Waals surface area contributed by atoms with Crippen molar-refractivity contribution in [3.63, 3.8) is 0 Å². The van der Waals surface area contributed by atoms with E-state index in [-0.39, 0.29) is 0 Å². The van der Waals surface area contributed by atoms with Crippen LogP contribution in [0.15, 0.2) is 30.3 Å². The average Bonchev–Trinajstić information content (AvgIpc) is 2.38. The lowest BCUT2D eigenvalue weighted by atomic mass is 10.2. The average molecular weight is 232 g/mol. The Morgan fingerprint density at radius 3 is 2.88 bits per heavy atom. The summed E-state index contributed by atoms with van der Waals surface area (Å²) in [6.07, 6.45) is 0.815. The third-order valence-corrected chi connectivity index (χ3v) is 2.46. The van der Waals surface area contributed by atoms with Gasteiger partial charge in [0.2, 0.25) is 0 Å². The van der Waals surface area contributed by atoms with E-state index in [1.165, 1.54) is 0 Å². The van der Waals surface area contributed by atoms with Crippen LogP contribution in [-0.4, -0.2) is 25.2 Å². The van der Waals surface area contributed by atoms with Gasteiger partial charge in [-0.05, 0) is 25.1 Å². The number of rotatable bonds is 5. The zero-order chi connectivity index (χ0) is 12.1. The highest BCUT2D eigenvalue weighted by Crippen LogP contribution is 2.28. The summed E-state index contributed by atoms with van der Waals surface area (Å²) < 4.78 is 10.8. The maximum Gasteiger partial charge on any atom is 0.257 e. The molecule has 1 aromatic carbocycles. The van der Waals surface area contributed by atoms with E-state index in [4.69, 9.17) is 15.2 Å². The Hall–Kier alpha value is -1.81. The van der Waals surface area contributed by atoms with Gasteiger partial charge in [0, 0.05) is 5.39 Å². The molecule has 1 heterocycles. The Balaban J connectivity index is 2.32. The van der Waals surface area contributed by atoms with E-state index in [2.05, 4.69) is 4.98 Å². The molecular weight excluding hydrogens is 216 g/mol. The number of para-hydroxylation sites is 1. The number of fused-ring (bicyclic) bond motifs is 1. The smallest absolute Gasteiger partial charge is 0.257 e. The van der Waals surface area contributed by atoms with E-state index in [0.29, 0.717) is 24.8 Å². The maximum absolute atomic E-state index is 5.61. The fourth-order valence-corrected chi connectivity index (χ4v) is 1.59. The quantitative estimate of drug-likeness (QED) is 0.801. The van der Waals surface area contributed by atoms with E-state index in [1.54, 1.807) is 7.11 Å². The van der Waals surface area contributed by atoms with Crippen LogP contribution in [0, 0.1) is 0 Å². The molecule has 0 bridgehead atoms. The highest BCUT2D eigenvalue weighted by Gasteiger charge is 2.07. The molecule has 90 valence electrons. The number of benzene rings is 1. The molecular formula is C13H16N2O2. The number of hydrogen-bond donors (Lipinski definition) is 1. The van der Waals surface area contributed by atoms with Gasteiger partial charge >= 0.3 is 0 Å². The molecule has 0 fully saturated rings. The number of ether oxygens (including phenoxy) is 2. The molecule has 0 saturated carbocycles. The first-order chi connectivity index (χ1) is 8.35. The molecule has 0 amide bonds. The summed E-state index contributed by atoms with van der Waals surface area (Å²) in [6, 6.07) is 9.81. The van der Waals surface area contributed by atoms with Crippen LogP contribution in [0.3, 0.4) is 0 Å². The number of aromatic nitrogens is 1. The van der Waals surface area contributed by atoms with Crippen molar-refractivity contribution in [1.82, 2.24) is 4.98 Å². The number of hydrogen-bond acceptors (Lipinski definition) is 4. The van der Waals surface area contributed by atoms with Crippen LogP contribution in [0.2, 0.25) is 0 Å². The summed E-state index contributed by atoms with van der Waals surface area (Å²) in [4.78, 5) is 4.39. The van der Waals surface area contributed by atoms with Crippen LogP contribution in [0.4, 0.5) is 0 Å². The summed E-state index contributed by atoms with van der Waals surface area (Å²) in [5.41, 5.74) is 6.33. The highest BCUT2D eigenvalue weighted by molar-refractivity contribution is 5.80. The molecule has 2 aromatic rings. The van der Waals surface area contributed by atoms with Crippen molar-refractivity contribution in [2.45, 2.75) is 6.42 Å². The molecule has 1 aromatic heterocycles. The molecule has 0 atom stereocenters. The molecule has 2 N–H and O–H groups in total. The van der Waals surface area contributed by atoms with E-state index in [0.717, 1.165) is 17.3 Å². The first kappa shape index (κ1) is 11.7. The zero-order valence-corrected chi connectivity index (χ0v) is 9.85. The van der Waals surface area contributed by atoms with Crippen LogP contribution in [-0.2, 0) is 0 Å². The fraction of sp³-hybridized carbons (Fsp3) is 0.308. The molecule has 0 radical (unpaired) electrons. The van der Waals surface area contributed by atoms with Crippen LogP contribution >= 0.6 is 0 Å². The van der Waals surface area contributed by atoms with Gasteiger partial charge in [-0.3, -0.25) is 0 Å². The Labute approximate surface area is 100 Å². The van der Waals surface area contributed by atoms with Crippen molar-refractivity contribution < 1.29 is 9.47 Å². The normalized spacial score (nSPS) is 10.5. The third kappa shape index (κ3) is 2.65. The second-order valence-electron chi connectivity index (χ2n) is 3.68. The van der Waals surface area contributed by atoms with Crippen molar-refractivity contribution in [2.24, 2.45) is 5.73 Å². The van der Waals surface area contributed by atoms with Crippen molar-refractivity contribution in [3.8, 4) is 11.6 Å². The summed E-state index contributed by atoms with van der Waals surface area (Å²) in [5.74, 6) is 1.18. The lowest BCUT2D eigenvalue weighted by Crippen LogP contribution is -2.07. The van der Waals surface area contributed by atoms with Gasteiger partial charge in [0.25, 0.3) is 5.88 Å². The highest BCUT2D eigenvalue weighted by atomic mass is 16.5. The maximum atomic E-state index is 5.61. The van der Waals surface area contributed by atoms with E-state index in [9.17, 15) is 0 Å². The molecule has 2 rings (SSSR count). The molecule has 0 aliphatic carbocycles. The summed E-state index contributed by atoms with van der Waals surface area (Å²) in [5, 5.41) is 1.04. The molecule has 4 heteroatoms. The van der Waals surface area contributed by atoms with Crippen LogP contribution < -0.4 is 15.2 Å². The standard InChI is InChI=1S/C13H16N2O2/c1-16-13-12(17-8-4-7-14)9-10-5-2-3-6-11(10)15-13/h2-3,5-6,9H,4,7-8,14H2,1H3. The van der Waals surface area contributed by atoms with Gasteiger partial charge in [-0.2, -0.15) is 0 Å². The third-order valence-electron chi connectivity index (χ3n) is 2.46. The van der Waals surface area contributed by atoms with Crippen molar-refractivity contribution in [1.29, 1.82) is 0 Å². The number of methoxy groups -OCH3 is 1. The Morgan fingerprint density at radius 2 is 2.12 bits per heavy atom. The van der Waals surface area contributed by atoms with E-state index in [1.807, 2.05) is 30.3 Å². The largest absolute Gasteiger partial charge is 0.488 e. The minimum Gasteiger partial charge on any atom is -0.488 e. The molecule has 0 aliphatic rings. The molecule has 0 aliphatic heterocycles. The lowest BCUT2D eigenvalue weighted by molar-refractivity contribution is 0.287. The molecule has 17 heavy (non-hydrogen) atoms. The summed E-state index contributed by atoms with van der Waals surface area (Å²) in [6.45, 7) is 1.19. The summed E-state index contributed by atoms with van der Waals surface area (Å²) in [7, 11) is 1.59. The molecule has 0 unspecified atom stereocenters. The first-order valence-electron chi connectivity index (χ1n) is 5.62. The number of nitrogens with two attached hydrogens (primary N) is 1. The number of pyridine rings is 1. The minimum atomic E-state index is 0.515. The van der Waals surface area contributed by atoms with Gasteiger partial charge in [-0.15, -0.1) is 0 Å². The second kappa shape index (κ2) is 5.50. The topological polar surface area (TPSA) is 57.4 Å². The monoisotopic (exact) mass is 232 g/mol. The van der Waals surface area contributed by atoms with Crippen LogP contribution in [0.5, 0.6) is 11.6 Å². The molecule has 0 spiro atoms. The number of nitrogens with zero attached hydrogens (tertiary/aromatic N) is 1. The van der Waals surface area contributed by atoms with Gasteiger partial charge < -0.3 is 15.2 Å².